The second-order valence-corrected chi connectivity index (χ2v) is 6.18. The molecule has 0 N–H and O–H groups in total. The predicted molar refractivity (Wildman–Crippen MR) is 65.4 cm³/mol. The van der Waals surface area contributed by atoms with Gasteiger partial charge in [0.25, 0.3) is 10.2 Å². The van der Waals surface area contributed by atoms with Crippen molar-refractivity contribution in [2.75, 3.05) is 25.0 Å². The van der Waals surface area contributed by atoms with Crippen molar-refractivity contribution in [2.45, 2.75) is 32.7 Å². The van der Waals surface area contributed by atoms with E-state index in [9.17, 15) is 8.42 Å². The van der Waals surface area contributed by atoms with Gasteiger partial charge in [-0.1, -0.05) is 29.8 Å². The minimum Gasteiger partial charge on any atom is -0.195 e. The van der Waals surface area contributed by atoms with Crippen molar-refractivity contribution < 1.29 is 8.42 Å². The third-order valence-corrected chi connectivity index (χ3v) is 5.82. The number of alkyl halides is 1. The number of nitrogens with zero attached hydrogens (tertiary/aromatic N) is 2. The van der Waals surface area contributed by atoms with E-state index >= 15 is 0 Å². The molecule has 0 aromatic heterocycles. The normalized spacial score (nSPS) is 23.9. The maximum atomic E-state index is 12.2. The lowest BCUT2D eigenvalue weighted by atomic mass is 10.3. The maximum absolute atomic E-state index is 12.2. The van der Waals surface area contributed by atoms with Crippen molar-refractivity contribution in [1.29, 1.82) is 0 Å². The van der Waals surface area contributed by atoms with Gasteiger partial charge in [0.1, 0.15) is 0 Å². The van der Waals surface area contributed by atoms with Gasteiger partial charge < -0.3 is 0 Å². The van der Waals surface area contributed by atoms with E-state index in [0.29, 0.717) is 19.6 Å². The Kier molecular flexibility index (Phi) is 5.02. The standard InChI is InChI=1S/C9H19BrN2O2S/c1-3-11(4-2)15(13,14)12-7-5-6-9(12)8-10/h9H,3-8H2,1-2H3. The van der Waals surface area contributed by atoms with Crippen LogP contribution in [0.5, 0.6) is 0 Å². The van der Waals surface area contributed by atoms with Crippen LogP contribution in [0.15, 0.2) is 0 Å². The predicted octanol–water partition coefficient (Wildman–Crippen LogP) is 1.43. The van der Waals surface area contributed by atoms with Crippen molar-refractivity contribution >= 4 is 26.1 Å². The van der Waals surface area contributed by atoms with Crippen LogP contribution in [0.25, 0.3) is 0 Å². The van der Waals surface area contributed by atoms with E-state index in [1.165, 1.54) is 4.31 Å². The molecule has 1 atom stereocenters. The molecule has 0 radical (unpaired) electrons. The number of hydrogen-bond acceptors (Lipinski definition) is 2. The number of halogens is 1. The average molecular weight is 299 g/mol. The van der Waals surface area contributed by atoms with E-state index < -0.39 is 10.2 Å². The zero-order valence-corrected chi connectivity index (χ0v) is 11.7. The smallest absolute Gasteiger partial charge is 0.195 e. The van der Waals surface area contributed by atoms with Crippen LogP contribution in [-0.2, 0) is 10.2 Å². The molecule has 0 amide bonds. The Morgan fingerprint density at radius 3 is 2.47 bits per heavy atom. The summed E-state index contributed by atoms with van der Waals surface area (Å²) in [5, 5.41) is 0.730. The summed E-state index contributed by atoms with van der Waals surface area (Å²) in [6.07, 6.45) is 1.93. The van der Waals surface area contributed by atoms with E-state index in [2.05, 4.69) is 15.9 Å². The van der Waals surface area contributed by atoms with Crippen LogP contribution in [-0.4, -0.2) is 48.0 Å². The average Bonchev–Trinajstić information content (AvgIpc) is 2.67. The van der Waals surface area contributed by atoms with Gasteiger partial charge >= 0.3 is 0 Å². The van der Waals surface area contributed by atoms with Crippen LogP contribution in [0.3, 0.4) is 0 Å². The summed E-state index contributed by atoms with van der Waals surface area (Å²) in [7, 11) is -3.23. The van der Waals surface area contributed by atoms with Crippen LogP contribution in [0.2, 0.25) is 0 Å². The molecule has 1 unspecified atom stereocenters. The van der Waals surface area contributed by atoms with Crippen molar-refractivity contribution in [3.8, 4) is 0 Å². The van der Waals surface area contributed by atoms with Crippen molar-refractivity contribution in [3.05, 3.63) is 0 Å². The first kappa shape index (κ1) is 13.4. The SMILES string of the molecule is CCN(CC)S(=O)(=O)N1CCCC1CBr. The molecule has 0 bridgehead atoms. The highest BCUT2D eigenvalue weighted by atomic mass is 79.9. The van der Waals surface area contributed by atoms with Gasteiger partial charge in [0, 0.05) is 31.0 Å². The fraction of sp³-hybridized carbons (Fsp3) is 1.00. The highest BCUT2D eigenvalue weighted by Gasteiger charge is 2.36. The third kappa shape index (κ3) is 2.72. The molecule has 0 aromatic rings. The molecule has 1 rings (SSSR count). The van der Waals surface area contributed by atoms with Crippen molar-refractivity contribution in [1.82, 2.24) is 8.61 Å². The van der Waals surface area contributed by atoms with E-state index in [1.807, 2.05) is 13.8 Å². The van der Waals surface area contributed by atoms with Gasteiger partial charge in [0.2, 0.25) is 0 Å². The highest BCUT2D eigenvalue weighted by Crippen LogP contribution is 2.24. The quantitative estimate of drug-likeness (QED) is 0.721. The molecular weight excluding hydrogens is 280 g/mol. The van der Waals surface area contributed by atoms with E-state index in [1.54, 1.807) is 4.31 Å². The first-order valence-corrected chi connectivity index (χ1v) is 7.92. The first-order valence-electron chi connectivity index (χ1n) is 5.40. The molecule has 0 spiro atoms. The summed E-state index contributed by atoms with van der Waals surface area (Å²) in [6.45, 7) is 5.50. The molecule has 6 heteroatoms. The van der Waals surface area contributed by atoms with Crippen LogP contribution in [0.4, 0.5) is 0 Å². The summed E-state index contributed by atoms with van der Waals surface area (Å²) < 4.78 is 27.5. The molecule has 1 saturated heterocycles. The van der Waals surface area contributed by atoms with Gasteiger partial charge in [-0.25, -0.2) is 0 Å². The summed E-state index contributed by atoms with van der Waals surface area (Å²) in [6, 6.07) is 0.135. The highest BCUT2D eigenvalue weighted by molar-refractivity contribution is 9.09. The minimum absolute atomic E-state index is 0.135. The maximum Gasteiger partial charge on any atom is 0.282 e. The van der Waals surface area contributed by atoms with Gasteiger partial charge in [-0.05, 0) is 12.8 Å². The van der Waals surface area contributed by atoms with Gasteiger partial charge in [-0.15, -0.1) is 0 Å². The topological polar surface area (TPSA) is 40.6 Å². The van der Waals surface area contributed by atoms with Crippen molar-refractivity contribution in [3.63, 3.8) is 0 Å². The minimum atomic E-state index is -3.23. The summed E-state index contributed by atoms with van der Waals surface area (Å²) in [5.74, 6) is 0. The Hall–Kier alpha value is 0.350. The Morgan fingerprint density at radius 2 is 2.00 bits per heavy atom. The molecule has 0 saturated carbocycles. The summed E-state index contributed by atoms with van der Waals surface area (Å²) >= 11 is 3.38. The van der Waals surface area contributed by atoms with Gasteiger partial charge in [0.05, 0.1) is 0 Å². The molecule has 90 valence electrons. The van der Waals surface area contributed by atoms with Gasteiger partial charge in [-0.2, -0.15) is 17.0 Å². The Labute approximate surface area is 101 Å². The zero-order valence-electron chi connectivity index (χ0n) is 9.32. The molecule has 0 aromatic carbocycles. The second-order valence-electron chi connectivity index (χ2n) is 3.65. The number of rotatable bonds is 5. The lowest BCUT2D eigenvalue weighted by molar-refractivity contribution is 0.348. The lowest BCUT2D eigenvalue weighted by Gasteiger charge is -2.28. The zero-order chi connectivity index (χ0) is 11.5. The third-order valence-electron chi connectivity index (χ3n) is 2.83. The van der Waals surface area contributed by atoms with E-state index in [-0.39, 0.29) is 6.04 Å². The Morgan fingerprint density at radius 1 is 1.40 bits per heavy atom. The van der Waals surface area contributed by atoms with Crippen LogP contribution < -0.4 is 0 Å². The number of hydrogen-bond donors (Lipinski definition) is 0. The molecule has 1 fully saturated rings. The molecule has 4 nitrogen and oxygen atoms in total. The summed E-state index contributed by atoms with van der Waals surface area (Å²) in [4.78, 5) is 0. The Balaban J connectivity index is 2.84. The first-order chi connectivity index (χ1) is 7.07. The Bertz CT molecular complexity index is 290. The fourth-order valence-corrected chi connectivity index (χ4v) is 4.70. The summed E-state index contributed by atoms with van der Waals surface area (Å²) in [5.41, 5.74) is 0. The van der Waals surface area contributed by atoms with Crippen LogP contribution in [0, 0.1) is 0 Å². The molecule has 1 aliphatic heterocycles. The monoisotopic (exact) mass is 298 g/mol. The van der Waals surface area contributed by atoms with Crippen LogP contribution in [0.1, 0.15) is 26.7 Å². The molecular formula is C9H19BrN2O2S. The van der Waals surface area contributed by atoms with E-state index in [4.69, 9.17) is 0 Å². The van der Waals surface area contributed by atoms with Crippen molar-refractivity contribution in [2.24, 2.45) is 0 Å². The van der Waals surface area contributed by atoms with Crippen LogP contribution >= 0.6 is 15.9 Å². The fourth-order valence-electron chi connectivity index (χ4n) is 1.97. The second kappa shape index (κ2) is 5.61. The molecule has 1 heterocycles. The largest absolute Gasteiger partial charge is 0.282 e. The van der Waals surface area contributed by atoms with Gasteiger partial charge in [0.15, 0.2) is 0 Å². The lowest BCUT2D eigenvalue weighted by Crippen LogP contribution is -2.46. The molecule has 0 aliphatic carbocycles. The molecule has 1 aliphatic rings. The van der Waals surface area contributed by atoms with Gasteiger partial charge in [-0.3, -0.25) is 0 Å². The van der Waals surface area contributed by atoms with E-state index in [0.717, 1.165) is 18.2 Å². The molecule has 15 heavy (non-hydrogen) atoms.